The molecule has 0 unspecified atom stereocenters. The number of aryl methyl sites for hydroxylation is 1. The third-order valence-corrected chi connectivity index (χ3v) is 7.42. The SMILES string of the molecule is Cc1cnc(Oc2c(Cl)cc(Br)cc2Cl)cc1S(=O)(=O)C1CCC1. The number of ether oxygens (including phenoxy) is 1. The predicted molar refractivity (Wildman–Crippen MR) is 98.0 cm³/mol. The zero-order valence-corrected chi connectivity index (χ0v) is 16.6. The van der Waals surface area contributed by atoms with Crippen molar-refractivity contribution in [2.24, 2.45) is 0 Å². The lowest BCUT2D eigenvalue weighted by atomic mass is 10.00. The van der Waals surface area contributed by atoms with Gasteiger partial charge in [-0.3, -0.25) is 0 Å². The van der Waals surface area contributed by atoms with Crippen LogP contribution in [0.2, 0.25) is 10.0 Å². The molecular formula is C16H14BrCl2NO3S. The van der Waals surface area contributed by atoms with Crippen molar-refractivity contribution in [1.29, 1.82) is 0 Å². The van der Waals surface area contributed by atoms with E-state index in [1.165, 1.54) is 12.3 Å². The lowest BCUT2D eigenvalue weighted by molar-refractivity contribution is 0.457. The summed E-state index contributed by atoms with van der Waals surface area (Å²) in [4.78, 5) is 4.39. The van der Waals surface area contributed by atoms with Gasteiger partial charge in [0.2, 0.25) is 5.88 Å². The molecule has 0 saturated heterocycles. The number of hydrogen-bond donors (Lipinski definition) is 0. The quantitative estimate of drug-likeness (QED) is 0.610. The first-order chi connectivity index (χ1) is 11.3. The van der Waals surface area contributed by atoms with Crippen LogP contribution in [0.15, 0.2) is 33.8 Å². The van der Waals surface area contributed by atoms with E-state index in [2.05, 4.69) is 20.9 Å². The number of benzene rings is 1. The van der Waals surface area contributed by atoms with Crippen molar-refractivity contribution in [3.8, 4) is 11.6 Å². The van der Waals surface area contributed by atoms with E-state index in [1.807, 2.05) is 0 Å². The van der Waals surface area contributed by atoms with Crippen molar-refractivity contribution in [3.05, 3.63) is 44.5 Å². The minimum Gasteiger partial charge on any atom is -0.436 e. The highest BCUT2D eigenvalue weighted by Crippen LogP contribution is 2.39. The van der Waals surface area contributed by atoms with Crippen molar-refractivity contribution in [2.75, 3.05) is 0 Å². The Morgan fingerprint density at radius 2 is 1.83 bits per heavy atom. The highest BCUT2D eigenvalue weighted by atomic mass is 79.9. The molecule has 128 valence electrons. The van der Waals surface area contributed by atoms with Crippen LogP contribution in [0.25, 0.3) is 0 Å². The molecule has 1 saturated carbocycles. The van der Waals surface area contributed by atoms with Crippen LogP contribution in [0.4, 0.5) is 0 Å². The highest BCUT2D eigenvalue weighted by molar-refractivity contribution is 9.10. The number of halogens is 3. The van der Waals surface area contributed by atoms with Gasteiger partial charge in [0.05, 0.1) is 20.2 Å². The normalized spacial score (nSPS) is 15.2. The molecule has 2 aromatic rings. The summed E-state index contributed by atoms with van der Waals surface area (Å²) >= 11 is 15.6. The first-order valence-corrected chi connectivity index (χ1v) is 10.4. The summed E-state index contributed by atoms with van der Waals surface area (Å²) < 4.78 is 31.7. The fraction of sp³-hybridized carbons (Fsp3) is 0.312. The molecule has 1 aliphatic carbocycles. The predicted octanol–water partition coefficient (Wildman–Crippen LogP) is 5.58. The Bertz CT molecular complexity index is 875. The Kier molecular flexibility index (Phi) is 5.12. The average Bonchev–Trinajstić information content (AvgIpc) is 2.41. The van der Waals surface area contributed by atoms with Gasteiger partial charge in [-0.25, -0.2) is 13.4 Å². The molecule has 1 aromatic heterocycles. The average molecular weight is 451 g/mol. The molecule has 24 heavy (non-hydrogen) atoms. The van der Waals surface area contributed by atoms with Crippen molar-refractivity contribution in [2.45, 2.75) is 36.3 Å². The largest absolute Gasteiger partial charge is 0.436 e. The van der Waals surface area contributed by atoms with Gasteiger partial charge in [-0.1, -0.05) is 45.6 Å². The van der Waals surface area contributed by atoms with Crippen LogP contribution in [-0.2, 0) is 9.84 Å². The summed E-state index contributed by atoms with van der Waals surface area (Å²) in [5.74, 6) is 0.384. The molecule has 0 radical (unpaired) electrons. The highest BCUT2D eigenvalue weighted by Gasteiger charge is 2.34. The minimum atomic E-state index is -3.37. The monoisotopic (exact) mass is 449 g/mol. The first-order valence-electron chi connectivity index (χ1n) is 7.32. The van der Waals surface area contributed by atoms with Gasteiger partial charge in [0.25, 0.3) is 0 Å². The van der Waals surface area contributed by atoms with Crippen LogP contribution >= 0.6 is 39.1 Å². The summed E-state index contributed by atoms with van der Waals surface area (Å²) in [6, 6.07) is 4.73. The molecule has 0 spiro atoms. The molecule has 1 fully saturated rings. The molecule has 4 nitrogen and oxygen atoms in total. The number of hydrogen-bond acceptors (Lipinski definition) is 4. The molecule has 0 aliphatic heterocycles. The Hall–Kier alpha value is -0.820. The lowest BCUT2D eigenvalue weighted by Gasteiger charge is -2.26. The van der Waals surface area contributed by atoms with E-state index in [9.17, 15) is 8.42 Å². The lowest BCUT2D eigenvalue weighted by Crippen LogP contribution is -2.29. The molecule has 1 heterocycles. The van der Waals surface area contributed by atoms with Crippen molar-refractivity contribution in [3.63, 3.8) is 0 Å². The van der Waals surface area contributed by atoms with Crippen LogP contribution in [0.5, 0.6) is 11.6 Å². The van der Waals surface area contributed by atoms with Crippen LogP contribution in [-0.4, -0.2) is 18.7 Å². The van der Waals surface area contributed by atoms with Crippen molar-refractivity contribution < 1.29 is 13.2 Å². The summed E-state index contributed by atoms with van der Waals surface area (Å²) in [6.45, 7) is 1.72. The zero-order valence-electron chi connectivity index (χ0n) is 12.7. The molecule has 3 rings (SSSR count). The second kappa shape index (κ2) is 6.83. The minimum absolute atomic E-state index is 0.143. The van der Waals surface area contributed by atoms with E-state index in [-0.39, 0.29) is 21.8 Å². The van der Waals surface area contributed by atoms with Gasteiger partial charge in [-0.05, 0) is 37.5 Å². The van der Waals surface area contributed by atoms with Gasteiger partial charge < -0.3 is 4.74 Å². The Morgan fingerprint density at radius 1 is 1.21 bits per heavy atom. The smallest absolute Gasteiger partial charge is 0.220 e. The standard InChI is InChI=1S/C16H14BrCl2NO3S/c1-9-8-20-15(7-14(9)24(21,22)11-3-2-4-11)23-16-12(18)5-10(17)6-13(16)19/h5-8,11H,2-4H2,1H3. The molecular weight excluding hydrogens is 437 g/mol. The Balaban J connectivity index is 1.98. The number of sulfone groups is 1. The van der Waals surface area contributed by atoms with Gasteiger partial charge in [-0.2, -0.15) is 0 Å². The third-order valence-electron chi connectivity index (χ3n) is 4.00. The van der Waals surface area contributed by atoms with E-state index < -0.39 is 9.84 Å². The van der Waals surface area contributed by atoms with E-state index in [1.54, 1.807) is 19.1 Å². The van der Waals surface area contributed by atoms with Crippen molar-refractivity contribution >= 4 is 49.0 Å². The molecule has 0 bridgehead atoms. The number of aromatic nitrogens is 1. The van der Waals surface area contributed by atoms with Crippen LogP contribution in [0, 0.1) is 6.92 Å². The van der Waals surface area contributed by atoms with Crippen molar-refractivity contribution in [1.82, 2.24) is 4.98 Å². The van der Waals surface area contributed by atoms with Crippen LogP contribution < -0.4 is 4.74 Å². The topological polar surface area (TPSA) is 56.3 Å². The maximum Gasteiger partial charge on any atom is 0.220 e. The van der Waals surface area contributed by atoms with E-state index in [0.717, 1.165) is 10.9 Å². The fourth-order valence-electron chi connectivity index (χ4n) is 2.44. The van der Waals surface area contributed by atoms with Gasteiger partial charge in [-0.15, -0.1) is 0 Å². The summed E-state index contributed by atoms with van der Waals surface area (Å²) in [7, 11) is -3.37. The Labute approximate surface area is 159 Å². The summed E-state index contributed by atoms with van der Waals surface area (Å²) in [5.41, 5.74) is 0.599. The number of nitrogens with zero attached hydrogens (tertiary/aromatic N) is 1. The van der Waals surface area contributed by atoms with Gasteiger partial charge in [0, 0.05) is 16.7 Å². The molecule has 1 aromatic carbocycles. The van der Waals surface area contributed by atoms with E-state index >= 15 is 0 Å². The Morgan fingerprint density at radius 3 is 2.38 bits per heavy atom. The molecule has 0 N–H and O–H groups in total. The number of pyridine rings is 1. The summed E-state index contributed by atoms with van der Waals surface area (Å²) in [6.07, 6.45) is 3.83. The van der Waals surface area contributed by atoms with Crippen LogP contribution in [0.3, 0.4) is 0 Å². The second-order valence-corrected chi connectivity index (χ2v) is 9.61. The fourth-order valence-corrected chi connectivity index (χ4v) is 5.81. The van der Waals surface area contributed by atoms with E-state index in [0.29, 0.717) is 28.5 Å². The second-order valence-electron chi connectivity index (χ2n) is 5.69. The first kappa shape index (κ1) is 18.0. The van der Waals surface area contributed by atoms with Gasteiger partial charge >= 0.3 is 0 Å². The maximum absolute atomic E-state index is 12.7. The van der Waals surface area contributed by atoms with Gasteiger partial charge in [0.1, 0.15) is 0 Å². The molecule has 1 aliphatic rings. The van der Waals surface area contributed by atoms with Gasteiger partial charge in [0.15, 0.2) is 15.6 Å². The van der Waals surface area contributed by atoms with E-state index in [4.69, 9.17) is 27.9 Å². The van der Waals surface area contributed by atoms with Crippen LogP contribution in [0.1, 0.15) is 24.8 Å². The number of rotatable bonds is 4. The molecule has 0 amide bonds. The molecule has 0 atom stereocenters. The zero-order chi connectivity index (χ0) is 17.5. The molecule has 8 heteroatoms. The summed E-state index contributed by atoms with van der Waals surface area (Å²) in [5, 5.41) is 0.298. The third kappa shape index (κ3) is 3.43. The maximum atomic E-state index is 12.7.